The second-order valence-electron chi connectivity index (χ2n) is 5.97. The summed E-state index contributed by atoms with van der Waals surface area (Å²) in [6, 6.07) is 8.85. The molecule has 0 spiro atoms. The molecule has 2 fully saturated rings. The van der Waals surface area contributed by atoms with Gasteiger partial charge >= 0.3 is 0 Å². The van der Waals surface area contributed by atoms with Crippen molar-refractivity contribution in [3.63, 3.8) is 0 Å². The van der Waals surface area contributed by atoms with Crippen LogP contribution in [0.2, 0.25) is 0 Å². The van der Waals surface area contributed by atoms with Gasteiger partial charge in [-0.1, -0.05) is 40.9 Å². The highest BCUT2D eigenvalue weighted by Crippen LogP contribution is 2.45. The zero-order valence-electron chi connectivity index (χ0n) is 10.9. The van der Waals surface area contributed by atoms with Gasteiger partial charge in [0.1, 0.15) is 0 Å². The molecule has 1 unspecified atom stereocenters. The molecule has 1 saturated heterocycles. The van der Waals surface area contributed by atoms with Gasteiger partial charge < -0.3 is 5.32 Å². The molecule has 0 amide bonds. The van der Waals surface area contributed by atoms with Gasteiger partial charge in [0, 0.05) is 10.0 Å². The normalized spacial score (nSPS) is 28.9. The van der Waals surface area contributed by atoms with Crippen molar-refractivity contribution in [2.24, 2.45) is 5.92 Å². The van der Waals surface area contributed by atoms with Crippen molar-refractivity contribution in [2.75, 3.05) is 6.54 Å². The van der Waals surface area contributed by atoms with Crippen LogP contribution in [0.5, 0.6) is 0 Å². The van der Waals surface area contributed by atoms with Crippen molar-refractivity contribution in [2.45, 2.75) is 50.5 Å². The van der Waals surface area contributed by atoms with Gasteiger partial charge in [-0.2, -0.15) is 0 Å². The van der Waals surface area contributed by atoms with E-state index in [0.29, 0.717) is 5.54 Å². The molecule has 1 heterocycles. The quantitative estimate of drug-likeness (QED) is 0.877. The summed E-state index contributed by atoms with van der Waals surface area (Å²) in [5.74, 6) is 0.926. The minimum absolute atomic E-state index is 0.400. The third-order valence-electron chi connectivity index (χ3n) is 4.54. The van der Waals surface area contributed by atoms with Gasteiger partial charge in [0.25, 0.3) is 0 Å². The van der Waals surface area contributed by atoms with Crippen molar-refractivity contribution < 1.29 is 0 Å². The van der Waals surface area contributed by atoms with Crippen LogP contribution in [0, 0.1) is 5.92 Å². The van der Waals surface area contributed by atoms with Crippen LogP contribution >= 0.6 is 15.9 Å². The Morgan fingerprint density at radius 3 is 2.89 bits per heavy atom. The van der Waals surface area contributed by atoms with E-state index in [1.807, 2.05) is 0 Å². The second-order valence-corrected chi connectivity index (χ2v) is 6.89. The largest absolute Gasteiger partial charge is 0.311 e. The standard InChI is InChI=1S/C16H22BrN/c17-15-6-4-5-13(11-15)12-16(14-7-8-14)9-2-1-3-10-18-16/h4-6,11,14,18H,1-3,7-10,12H2. The van der Waals surface area contributed by atoms with E-state index < -0.39 is 0 Å². The van der Waals surface area contributed by atoms with Crippen molar-refractivity contribution in [1.82, 2.24) is 5.32 Å². The molecule has 1 N–H and O–H groups in total. The summed E-state index contributed by atoms with van der Waals surface area (Å²) in [6.45, 7) is 1.21. The number of benzene rings is 1. The molecule has 1 aliphatic carbocycles. The maximum atomic E-state index is 3.91. The first-order valence-corrected chi connectivity index (χ1v) is 8.07. The predicted octanol–water partition coefficient (Wildman–Crippen LogP) is 4.30. The highest BCUT2D eigenvalue weighted by molar-refractivity contribution is 9.10. The average Bonchev–Trinajstić information content (AvgIpc) is 3.16. The summed E-state index contributed by atoms with van der Waals surface area (Å²) in [7, 11) is 0. The zero-order valence-corrected chi connectivity index (χ0v) is 12.5. The van der Waals surface area contributed by atoms with Crippen LogP contribution in [-0.4, -0.2) is 12.1 Å². The Morgan fingerprint density at radius 2 is 2.11 bits per heavy atom. The Kier molecular flexibility index (Phi) is 3.76. The van der Waals surface area contributed by atoms with Gasteiger partial charge in [0.2, 0.25) is 0 Å². The van der Waals surface area contributed by atoms with Gasteiger partial charge in [0.15, 0.2) is 0 Å². The summed E-state index contributed by atoms with van der Waals surface area (Å²) >= 11 is 3.59. The lowest BCUT2D eigenvalue weighted by molar-refractivity contribution is 0.271. The van der Waals surface area contributed by atoms with E-state index in [-0.39, 0.29) is 0 Å². The molecule has 1 aromatic carbocycles. The Bertz CT molecular complexity index is 403. The fraction of sp³-hybridized carbons (Fsp3) is 0.625. The lowest BCUT2D eigenvalue weighted by atomic mass is 9.82. The Hall–Kier alpha value is -0.340. The van der Waals surface area contributed by atoms with Gasteiger partial charge in [0.05, 0.1) is 0 Å². The van der Waals surface area contributed by atoms with E-state index in [0.717, 1.165) is 5.92 Å². The van der Waals surface area contributed by atoms with Crippen LogP contribution in [0.4, 0.5) is 0 Å². The molecule has 2 heteroatoms. The minimum atomic E-state index is 0.400. The molecular formula is C16H22BrN. The lowest BCUT2D eigenvalue weighted by Crippen LogP contribution is -2.48. The molecule has 0 radical (unpaired) electrons. The van der Waals surface area contributed by atoms with E-state index in [9.17, 15) is 0 Å². The fourth-order valence-electron chi connectivity index (χ4n) is 3.46. The molecule has 1 atom stereocenters. The van der Waals surface area contributed by atoms with E-state index >= 15 is 0 Å². The summed E-state index contributed by atoms with van der Waals surface area (Å²) in [5.41, 5.74) is 1.88. The van der Waals surface area contributed by atoms with Gasteiger partial charge in [-0.15, -0.1) is 0 Å². The Labute approximate surface area is 118 Å². The van der Waals surface area contributed by atoms with E-state index in [1.165, 1.54) is 61.5 Å². The van der Waals surface area contributed by atoms with Crippen LogP contribution in [0.3, 0.4) is 0 Å². The maximum absolute atomic E-state index is 3.91. The van der Waals surface area contributed by atoms with E-state index in [2.05, 4.69) is 45.5 Å². The monoisotopic (exact) mass is 307 g/mol. The lowest BCUT2D eigenvalue weighted by Gasteiger charge is -2.34. The van der Waals surface area contributed by atoms with Crippen LogP contribution in [-0.2, 0) is 6.42 Å². The molecule has 0 bridgehead atoms. The smallest absolute Gasteiger partial charge is 0.0249 e. The summed E-state index contributed by atoms with van der Waals surface area (Å²) in [5, 5.41) is 3.91. The molecule has 1 aliphatic heterocycles. The van der Waals surface area contributed by atoms with Crippen molar-refractivity contribution in [3.05, 3.63) is 34.3 Å². The predicted molar refractivity (Wildman–Crippen MR) is 79.8 cm³/mol. The maximum Gasteiger partial charge on any atom is 0.0249 e. The number of nitrogens with one attached hydrogen (secondary N) is 1. The summed E-state index contributed by atoms with van der Waals surface area (Å²) in [4.78, 5) is 0. The van der Waals surface area contributed by atoms with Crippen molar-refractivity contribution >= 4 is 15.9 Å². The van der Waals surface area contributed by atoms with Gasteiger partial charge in [-0.05, 0) is 62.3 Å². The Balaban J connectivity index is 1.81. The van der Waals surface area contributed by atoms with Crippen molar-refractivity contribution in [1.29, 1.82) is 0 Å². The SMILES string of the molecule is Brc1cccc(CC2(C3CC3)CCCCCN2)c1. The fourth-order valence-corrected chi connectivity index (χ4v) is 3.91. The highest BCUT2D eigenvalue weighted by atomic mass is 79.9. The minimum Gasteiger partial charge on any atom is -0.311 e. The van der Waals surface area contributed by atoms with E-state index in [1.54, 1.807) is 0 Å². The first-order valence-electron chi connectivity index (χ1n) is 7.28. The Morgan fingerprint density at radius 1 is 1.22 bits per heavy atom. The third-order valence-corrected chi connectivity index (χ3v) is 5.04. The average molecular weight is 308 g/mol. The molecule has 1 aromatic rings. The van der Waals surface area contributed by atoms with E-state index in [4.69, 9.17) is 0 Å². The molecule has 2 aliphatic rings. The number of hydrogen-bond acceptors (Lipinski definition) is 1. The van der Waals surface area contributed by atoms with Crippen molar-refractivity contribution in [3.8, 4) is 0 Å². The number of rotatable bonds is 3. The molecule has 1 saturated carbocycles. The number of hydrogen-bond donors (Lipinski definition) is 1. The molecule has 18 heavy (non-hydrogen) atoms. The van der Waals surface area contributed by atoms with Gasteiger partial charge in [-0.25, -0.2) is 0 Å². The first-order chi connectivity index (χ1) is 8.78. The van der Waals surface area contributed by atoms with Crippen LogP contribution in [0.25, 0.3) is 0 Å². The number of halogens is 1. The third kappa shape index (κ3) is 2.80. The summed E-state index contributed by atoms with van der Waals surface area (Å²) in [6.07, 6.45) is 9.59. The first kappa shape index (κ1) is 12.7. The topological polar surface area (TPSA) is 12.0 Å². The molecule has 98 valence electrons. The molecular weight excluding hydrogens is 286 g/mol. The van der Waals surface area contributed by atoms with Crippen LogP contribution in [0.1, 0.15) is 44.1 Å². The highest BCUT2D eigenvalue weighted by Gasteiger charge is 2.44. The van der Waals surface area contributed by atoms with Crippen LogP contribution in [0.15, 0.2) is 28.7 Å². The molecule has 0 aromatic heterocycles. The van der Waals surface area contributed by atoms with Crippen LogP contribution < -0.4 is 5.32 Å². The molecule has 1 nitrogen and oxygen atoms in total. The second kappa shape index (κ2) is 5.34. The zero-order chi connectivity index (χ0) is 12.4. The molecule has 3 rings (SSSR count). The van der Waals surface area contributed by atoms with Gasteiger partial charge in [-0.3, -0.25) is 0 Å². The summed E-state index contributed by atoms with van der Waals surface area (Å²) < 4.78 is 1.21.